The number of thiocarbonyl (C=S) groups is 1. The summed E-state index contributed by atoms with van der Waals surface area (Å²) in [5.74, 6) is -0.398. The van der Waals surface area contributed by atoms with Gasteiger partial charge in [0.05, 0.1) is 0 Å². The minimum atomic E-state index is -0.343. The van der Waals surface area contributed by atoms with Crippen LogP contribution < -0.4 is 16.0 Å². The van der Waals surface area contributed by atoms with E-state index in [4.69, 9.17) is 23.8 Å². The second-order valence-electron chi connectivity index (χ2n) is 5.31. The van der Waals surface area contributed by atoms with Crippen LogP contribution in [-0.2, 0) is 9.59 Å². The van der Waals surface area contributed by atoms with E-state index >= 15 is 0 Å². The van der Waals surface area contributed by atoms with E-state index in [0.717, 1.165) is 5.56 Å². The van der Waals surface area contributed by atoms with Gasteiger partial charge in [-0.3, -0.25) is 14.9 Å². The number of hydrogen-bond acceptors (Lipinski definition) is 3. The second kappa shape index (κ2) is 9.70. The van der Waals surface area contributed by atoms with Crippen molar-refractivity contribution in [3.8, 4) is 0 Å². The Morgan fingerprint density at radius 2 is 1.58 bits per heavy atom. The van der Waals surface area contributed by atoms with Crippen LogP contribution in [0.1, 0.15) is 18.9 Å². The summed E-state index contributed by atoms with van der Waals surface area (Å²) in [7, 11) is 0. The van der Waals surface area contributed by atoms with E-state index in [1.54, 1.807) is 49.4 Å². The molecule has 0 fully saturated rings. The molecule has 2 aromatic rings. The number of carbonyl (C=O) groups is 2. The maximum absolute atomic E-state index is 11.9. The number of rotatable bonds is 5. The first-order valence-corrected chi connectivity index (χ1v) is 8.70. The standard InChI is InChI=1S/C19H18ClN3O2S/c1-2-17(24)21-15-8-10-16(11-9-15)22-19(26)23-18(25)12-5-13-3-6-14(20)7-4-13/h3-12H,2H2,1H3,(H,21,24)(H2,22,23,25,26). The molecular weight excluding hydrogens is 370 g/mol. The Morgan fingerprint density at radius 1 is 1.00 bits per heavy atom. The summed E-state index contributed by atoms with van der Waals surface area (Å²) in [5.41, 5.74) is 2.25. The number of amides is 2. The van der Waals surface area contributed by atoms with Crippen molar-refractivity contribution in [3.05, 3.63) is 65.2 Å². The molecule has 0 aliphatic rings. The number of nitrogens with one attached hydrogen (secondary N) is 3. The summed E-state index contributed by atoms with van der Waals surface area (Å²) < 4.78 is 0. The molecule has 0 saturated heterocycles. The molecule has 134 valence electrons. The number of anilines is 2. The van der Waals surface area contributed by atoms with Crippen LogP contribution in [0.5, 0.6) is 0 Å². The molecule has 3 N–H and O–H groups in total. The van der Waals surface area contributed by atoms with E-state index in [1.807, 2.05) is 12.1 Å². The maximum atomic E-state index is 11.9. The van der Waals surface area contributed by atoms with Gasteiger partial charge in [-0.05, 0) is 60.3 Å². The van der Waals surface area contributed by atoms with Crippen LogP contribution in [0.2, 0.25) is 5.02 Å². The lowest BCUT2D eigenvalue weighted by atomic mass is 10.2. The summed E-state index contributed by atoms with van der Waals surface area (Å²) in [5, 5.41) is 9.04. The van der Waals surface area contributed by atoms with Crippen LogP contribution in [0, 0.1) is 0 Å². The van der Waals surface area contributed by atoms with Gasteiger partial charge in [0.2, 0.25) is 11.8 Å². The van der Waals surface area contributed by atoms with Crippen LogP contribution in [0.4, 0.5) is 11.4 Å². The van der Waals surface area contributed by atoms with Crippen molar-refractivity contribution in [3.63, 3.8) is 0 Å². The van der Waals surface area contributed by atoms with Gasteiger partial charge in [-0.2, -0.15) is 0 Å². The fraction of sp³-hybridized carbons (Fsp3) is 0.105. The highest BCUT2D eigenvalue weighted by Crippen LogP contribution is 2.14. The predicted octanol–water partition coefficient (Wildman–Crippen LogP) is 4.21. The molecule has 0 radical (unpaired) electrons. The predicted molar refractivity (Wildman–Crippen MR) is 110 cm³/mol. The first kappa shape index (κ1) is 19.6. The first-order valence-electron chi connectivity index (χ1n) is 7.92. The number of benzene rings is 2. The molecule has 26 heavy (non-hydrogen) atoms. The Labute approximate surface area is 162 Å². The average Bonchev–Trinajstić information content (AvgIpc) is 2.62. The average molecular weight is 388 g/mol. The number of halogens is 1. The Morgan fingerprint density at radius 3 is 2.15 bits per heavy atom. The largest absolute Gasteiger partial charge is 0.332 e. The van der Waals surface area contributed by atoms with Crippen LogP contribution in [0.15, 0.2) is 54.6 Å². The van der Waals surface area contributed by atoms with Gasteiger partial charge >= 0.3 is 0 Å². The first-order chi connectivity index (χ1) is 12.5. The molecule has 0 bridgehead atoms. The Bertz CT molecular complexity index is 818. The summed E-state index contributed by atoms with van der Waals surface area (Å²) >= 11 is 10.9. The summed E-state index contributed by atoms with van der Waals surface area (Å²) in [4.78, 5) is 23.2. The van der Waals surface area contributed by atoms with E-state index in [-0.39, 0.29) is 16.9 Å². The molecule has 7 heteroatoms. The van der Waals surface area contributed by atoms with Gasteiger partial charge in [0, 0.05) is 28.9 Å². The van der Waals surface area contributed by atoms with Gasteiger partial charge in [-0.25, -0.2) is 0 Å². The molecule has 5 nitrogen and oxygen atoms in total. The van der Waals surface area contributed by atoms with Gasteiger partial charge in [0.1, 0.15) is 0 Å². The quantitative estimate of drug-likeness (QED) is 0.530. The molecule has 0 aromatic heterocycles. The van der Waals surface area contributed by atoms with E-state index in [9.17, 15) is 9.59 Å². The van der Waals surface area contributed by atoms with Crippen LogP contribution >= 0.6 is 23.8 Å². The topological polar surface area (TPSA) is 70.2 Å². The zero-order valence-corrected chi connectivity index (χ0v) is 15.7. The highest BCUT2D eigenvalue weighted by atomic mass is 35.5. The van der Waals surface area contributed by atoms with Crippen LogP contribution in [-0.4, -0.2) is 16.9 Å². The third kappa shape index (κ3) is 6.66. The minimum Gasteiger partial charge on any atom is -0.332 e. The molecule has 0 heterocycles. The Kier molecular flexibility index (Phi) is 7.32. The van der Waals surface area contributed by atoms with Crippen molar-refractivity contribution in [2.75, 3.05) is 10.6 Å². The molecule has 0 aliphatic heterocycles. The normalized spacial score (nSPS) is 10.4. The third-order valence-electron chi connectivity index (χ3n) is 3.28. The van der Waals surface area contributed by atoms with Gasteiger partial charge in [-0.15, -0.1) is 0 Å². The van der Waals surface area contributed by atoms with Crippen molar-refractivity contribution in [2.24, 2.45) is 0 Å². The highest BCUT2D eigenvalue weighted by molar-refractivity contribution is 7.80. The van der Waals surface area contributed by atoms with Gasteiger partial charge < -0.3 is 10.6 Å². The van der Waals surface area contributed by atoms with E-state index in [0.29, 0.717) is 22.8 Å². The van der Waals surface area contributed by atoms with E-state index < -0.39 is 0 Å². The lowest BCUT2D eigenvalue weighted by molar-refractivity contribution is -0.116. The second-order valence-corrected chi connectivity index (χ2v) is 6.15. The molecule has 0 saturated carbocycles. The molecule has 2 aromatic carbocycles. The Balaban J connectivity index is 1.84. The fourth-order valence-corrected chi connectivity index (χ4v) is 2.29. The molecule has 0 unspecified atom stereocenters. The molecule has 0 aliphatic carbocycles. The molecule has 0 spiro atoms. The van der Waals surface area contributed by atoms with Crippen molar-refractivity contribution >= 4 is 58.2 Å². The molecule has 0 atom stereocenters. The van der Waals surface area contributed by atoms with Crippen molar-refractivity contribution in [1.29, 1.82) is 0 Å². The zero-order chi connectivity index (χ0) is 18.9. The molecule has 2 amide bonds. The summed E-state index contributed by atoms with van der Waals surface area (Å²) in [6.07, 6.45) is 3.47. The fourth-order valence-electron chi connectivity index (χ4n) is 1.95. The number of carbonyl (C=O) groups excluding carboxylic acids is 2. The van der Waals surface area contributed by atoms with Gasteiger partial charge in [0.15, 0.2) is 5.11 Å². The summed E-state index contributed by atoms with van der Waals surface area (Å²) in [6, 6.07) is 14.1. The Hall–Kier alpha value is -2.70. The maximum Gasteiger partial charge on any atom is 0.250 e. The van der Waals surface area contributed by atoms with Crippen molar-refractivity contribution in [2.45, 2.75) is 13.3 Å². The van der Waals surface area contributed by atoms with Crippen molar-refractivity contribution in [1.82, 2.24) is 5.32 Å². The van der Waals surface area contributed by atoms with Gasteiger partial charge in [-0.1, -0.05) is 30.7 Å². The highest BCUT2D eigenvalue weighted by Gasteiger charge is 2.03. The SMILES string of the molecule is CCC(=O)Nc1ccc(NC(=S)NC(=O)C=Cc2ccc(Cl)cc2)cc1. The lowest BCUT2D eigenvalue weighted by Gasteiger charge is -2.09. The molecular formula is C19H18ClN3O2S. The van der Waals surface area contributed by atoms with Gasteiger partial charge in [0.25, 0.3) is 0 Å². The lowest BCUT2D eigenvalue weighted by Crippen LogP contribution is -2.32. The molecule has 2 rings (SSSR count). The zero-order valence-electron chi connectivity index (χ0n) is 14.1. The third-order valence-corrected chi connectivity index (χ3v) is 3.74. The van der Waals surface area contributed by atoms with E-state index in [2.05, 4.69) is 16.0 Å². The van der Waals surface area contributed by atoms with Crippen LogP contribution in [0.3, 0.4) is 0 Å². The van der Waals surface area contributed by atoms with E-state index in [1.165, 1.54) is 6.08 Å². The smallest absolute Gasteiger partial charge is 0.250 e. The van der Waals surface area contributed by atoms with Crippen molar-refractivity contribution < 1.29 is 9.59 Å². The van der Waals surface area contributed by atoms with Crippen LogP contribution in [0.25, 0.3) is 6.08 Å². The monoisotopic (exact) mass is 387 g/mol. The minimum absolute atomic E-state index is 0.0547. The summed E-state index contributed by atoms with van der Waals surface area (Å²) in [6.45, 7) is 1.79. The number of hydrogen-bond donors (Lipinski definition) is 3.